The molecule has 8 heteroatoms. The molecule has 178 valence electrons. The molecule has 2 aliphatic carbocycles. The highest BCUT2D eigenvalue weighted by Gasteiger charge is 2.29. The van der Waals surface area contributed by atoms with Crippen molar-refractivity contribution >= 4 is 23.6 Å². The van der Waals surface area contributed by atoms with Crippen LogP contribution < -0.4 is 10.6 Å². The van der Waals surface area contributed by atoms with Gasteiger partial charge in [0, 0.05) is 25.2 Å². The molecular formula is C24H38N4O4. The predicted octanol–water partition coefficient (Wildman–Crippen LogP) is 1.91. The van der Waals surface area contributed by atoms with Crippen LogP contribution in [-0.2, 0) is 19.2 Å². The van der Waals surface area contributed by atoms with E-state index in [-0.39, 0.29) is 50.1 Å². The maximum atomic E-state index is 12.9. The Balaban J connectivity index is 1.94. The number of carbonyl (C=O) groups excluding carboxylic acids is 4. The molecule has 0 unspecified atom stereocenters. The maximum Gasteiger partial charge on any atom is 0.312 e. The summed E-state index contributed by atoms with van der Waals surface area (Å²) in [5.74, 6) is -2.22. The lowest BCUT2D eigenvalue weighted by Gasteiger charge is -2.28. The van der Waals surface area contributed by atoms with Gasteiger partial charge in [0.15, 0.2) is 0 Å². The van der Waals surface area contributed by atoms with Crippen molar-refractivity contribution in [3.8, 4) is 0 Å². The molecule has 2 aliphatic rings. The minimum Gasteiger partial charge on any atom is -0.352 e. The molecule has 32 heavy (non-hydrogen) atoms. The van der Waals surface area contributed by atoms with Crippen LogP contribution in [-0.4, -0.2) is 71.7 Å². The van der Waals surface area contributed by atoms with Gasteiger partial charge in [0.1, 0.15) is 13.1 Å². The van der Waals surface area contributed by atoms with Crippen LogP contribution in [0.15, 0.2) is 25.3 Å². The highest BCUT2D eigenvalue weighted by molar-refractivity contribution is 6.35. The molecule has 4 amide bonds. The van der Waals surface area contributed by atoms with E-state index < -0.39 is 11.8 Å². The molecule has 0 spiro atoms. The van der Waals surface area contributed by atoms with Crippen LogP contribution in [0.1, 0.15) is 64.2 Å². The van der Waals surface area contributed by atoms with Crippen LogP contribution >= 0.6 is 0 Å². The van der Waals surface area contributed by atoms with E-state index in [1.165, 1.54) is 34.8 Å². The van der Waals surface area contributed by atoms with Crippen LogP contribution in [0.2, 0.25) is 0 Å². The van der Waals surface area contributed by atoms with Gasteiger partial charge in [-0.05, 0) is 25.7 Å². The van der Waals surface area contributed by atoms with Crippen molar-refractivity contribution in [1.82, 2.24) is 20.4 Å². The Hall–Kier alpha value is -2.64. The number of amides is 4. The van der Waals surface area contributed by atoms with Gasteiger partial charge in [0.2, 0.25) is 11.8 Å². The van der Waals surface area contributed by atoms with Crippen molar-refractivity contribution in [2.24, 2.45) is 0 Å². The third kappa shape index (κ3) is 8.48. The molecule has 0 aromatic rings. The molecule has 2 saturated carbocycles. The van der Waals surface area contributed by atoms with Gasteiger partial charge in [-0.2, -0.15) is 0 Å². The van der Waals surface area contributed by atoms with Gasteiger partial charge in [-0.15, -0.1) is 13.2 Å². The van der Waals surface area contributed by atoms with Crippen molar-refractivity contribution in [1.29, 1.82) is 0 Å². The van der Waals surface area contributed by atoms with Gasteiger partial charge in [0.05, 0.1) is 0 Å². The van der Waals surface area contributed by atoms with Crippen molar-refractivity contribution in [2.75, 3.05) is 26.2 Å². The zero-order valence-corrected chi connectivity index (χ0v) is 19.2. The Morgan fingerprint density at radius 3 is 1.31 bits per heavy atom. The lowest BCUT2D eigenvalue weighted by Crippen LogP contribution is -2.52. The minimum atomic E-state index is -0.823. The predicted molar refractivity (Wildman–Crippen MR) is 124 cm³/mol. The standard InChI is InChI=1S/C24H38N4O4/c1-3-15-27(17-21(29)25-19-11-7-5-8-12-19)23(31)24(32)28(16-4-2)18-22(30)26-20-13-9-6-10-14-20/h3-4,19-20H,1-2,5-18H2,(H,25,29)(H,26,30). The Morgan fingerprint density at radius 2 is 1.00 bits per heavy atom. The van der Waals surface area contributed by atoms with E-state index in [9.17, 15) is 19.2 Å². The smallest absolute Gasteiger partial charge is 0.312 e. The van der Waals surface area contributed by atoms with Gasteiger partial charge < -0.3 is 20.4 Å². The quantitative estimate of drug-likeness (QED) is 0.396. The molecule has 0 saturated heterocycles. The molecule has 0 aliphatic heterocycles. The molecule has 2 rings (SSSR count). The summed E-state index contributed by atoms with van der Waals surface area (Å²) in [5.41, 5.74) is 0. The van der Waals surface area contributed by atoms with Gasteiger partial charge in [-0.25, -0.2) is 0 Å². The van der Waals surface area contributed by atoms with E-state index in [0.29, 0.717) is 0 Å². The number of nitrogens with one attached hydrogen (secondary N) is 2. The Morgan fingerprint density at radius 1 is 0.656 bits per heavy atom. The number of hydrogen-bond acceptors (Lipinski definition) is 4. The third-order valence-electron chi connectivity index (χ3n) is 6.07. The normalized spacial score (nSPS) is 17.1. The fraction of sp³-hybridized carbons (Fsp3) is 0.667. The first kappa shape index (κ1) is 25.6. The lowest BCUT2D eigenvalue weighted by atomic mass is 9.95. The first-order chi connectivity index (χ1) is 15.4. The number of hydrogen-bond donors (Lipinski definition) is 2. The molecule has 0 aromatic carbocycles. The first-order valence-corrected chi connectivity index (χ1v) is 11.8. The lowest BCUT2D eigenvalue weighted by molar-refractivity contribution is -0.153. The summed E-state index contributed by atoms with van der Waals surface area (Å²) in [6.45, 7) is 6.96. The summed E-state index contributed by atoms with van der Waals surface area (Å²) in [4.78, 5) is 53.1. The van der Waals surface area contributed by atoms with Gasteiger partial charge >= 0.3 is 11.8 Å². The topological polar surface area (TPSA) is 98.8 Å². The molecule has 0 radical (unpaired) electrons. The summed E-state index contributed by atoms with van der Waals surface area (Å²) in [6, 6.07) is 0.238. The minimum absolute atomic E-state index is 0.0683. The Kier molecular flexibility index (Phi) is 11.0. The summed E-state index contributed by atoms with van der Waals surface area (Å²) in [7, 11) is 0. The second-order valence-corrected chi connectivity index (χ2v) is 8.75. The zero-order chi connectivity index (χ0) is 23.3. The highest BCUT2D eigenvalue weighted by atomic mass is 16.2. The number of rotatable bonds is 10. The van der Waals surface area contributed by atoms with Gasteiger partial charge in [-0.3, -0.25) is 19.2 Å². The van der Waals surface area contributed by atoms with E-state index in [2.05, 4.69) is 23.8 Å². The average molecular weight is 447 g/mol. The molecule has 0 bridgehead atoms. The van der Waals surface area contributed by atoms with E-state index in [4.69, 9.17) is 0 Å². The molecule has 0 aromatic heterocycles. The summed E-state index contributed by atoms with van der Waals surface area (Å²) < 4.78 is 0. The van der Waals surface area contributed by atoms with E-state index in [1.54, 1.807) is 0 Å². The van der Waals surface area contributed by atoms with E-state index >= 15 is 0 Å². The molecule has 2 N–H and O–H groups in total. The largest absolute Gasteiger partial charge is 0.352 e. The maximum absolute atomic E-state index is 12.9. The molecule has 0 heterocycles. The summed E-state index contributed by atoms with van der Waals surface area (Å²) >= 11 is 0. The Bertz CT molecular complexity index is 623. The number of nitrogens with zero attached hydrogens (tertiary/aromatic N) is 2. The molecule has 2 fully saturated rings. The van der Waals surface area contributed by atoms with Crippen LogP contribution in [0.25, 0.3) is 0 Å². The summed E-state index contributed by atoms with van der Waals surface area (Å²) in [5, 5.41) is 5.92. The van der Waals surface area contributed by atoms with Crippen molar-refractivity contribution in [2.45, 2.75) is 76.3 Å². The van der Waals surface area contributed by atoms with Crippen molar-refractivity contribution in [3.63, 3.8) is 0 Å². The number of carbonyl (C=O) groups is 4. The second-order valence-electron chi connectivity index (χ2n) is 8.75. The fourth-order valence-electron chi connectivity index (χ4n) is 4.41. The molecule has 8 nitrogen and oxygen atoms in total. The average Bonchev–Trinajstić information content (AvgIpc) is 2.79. The Labute approximate surface area is 191 Å². The van der Waals surface area contributed by atoms with Crippen LogP contribution in [0.5, 0.6) is 0 Å². The molecule has 0 atom stereocenters. The SMILES string of the molecule is C=CCN(CC(=O)NC1CCCCC1)C(=O)C(=O)N(CC=C)CC(=O)NC1CCCCC1. The van der Waals surface area contributed by atoms with Crippen LogP contribution in [0, 0.1) is 0 Å². The highest BCUT2D eigenvalue weighted by Crippen LogP contribution is 2.18. The third-order valence-corrected chi connectivity index (χ3v) is 6.07. The van der Waals surface area contributed by atoms with Crippen molar-refractivity contribution < 1.29 is 19.2 Å². The van der Waals surface area contributed by atoms with E-state index in [1.807, 2.05) is 0 Å². The van der Waals surface area contributed by atoms with E-state index in [0.717, 1.165) is 51.4 Å². The second kappa shape index (κ2) is 13.7. The first-order valence-electron chi connectivity index (χ1n) is 11.8. The fourth-order valence-corrected chi connectivity index (χ4v) is 4.41. The van der Waals surface area contributed by atoms with Crippen LogP contribution in [0.3, 0.4) is 0 Å². The van der Waals surface area contributed by atoms with Crippen molar-refractivity contribution in [3.05, 3.63) is 25.3 Å². The van der Waals surface area contributed by atoms with Crippen LogP contribution in [0.4, 0.5) is 0 Å². The summed E-state index contributed by atoms with van der Waals surface area (Å²) in [6.07, 6.45) is 13.4. The molecular weight excluding hydrogens is 408 g/mol. The monoisotopic (exact) mass is 446 g/mol. The van der Waals surface area contributed by atoms with Gasteiger partial charge in [0.25, 0.3) is 0 Å². The zero-order valence-electron chi connectivity index (χ0n) is 19.2. The van der Waals surface area contributed by atoms with Gasteiger partial charge in [-0.1, -0.05) is 50.7 Å².